The molecule has 0 amide bonds. The molecule has 2 aromatic rings. The van der Waals surface area contributed by atoms with E-state index in [4.69, 9.17) is 26.9 Å². The number of benzene rings is 1. The summed E-state index contributed by atoms with van der Waals surface area (Å²) < 4.78 is 5.53. The highest BCUT2D eigenvalue weighted by molar-refractivity contribution is 7.80. The lowest BCUT2D eigenvalue weighted by atomic mass is 9.79. The number of nitrogens with zero attached hydrogens (tertiary/aromatic N) is 4. The van der Waals surface area contributed by atoms with E-state index in [0.29, 0.717) is 11.1 Å². The fourth-order valence-electron chi connectivity index (χ4n) is 5.35. The van der Waals surface area contributed by atoms with Crippen LogP contribution >= 0.6 is 12.2 Å². The van der Waals surface area contributed by atoms with Crippen molar-refractivity contribution in [1.82, 2.24) is 15.3 Å². The highest BCUT2D eigenvalue weighted by Crippen LogP contribution is 2.40. The van der Waals surface area contributed by atoms with Crippen LogP contribution in [0.25, 0.3) is 0 Å². The monoisotopic (exact) mass is 466 g/mol. The summed E-state index contributed by atoms with van der Waals surface area (Å²) in [6, 6.07) is 13.0. The maximum Gasteiger partial charge on any atom is 0.232 e. The Labute approximate surface area is 201 Å². The zero-order valence-corrected chi connectivity index (χ0v) is 20.1. The van der Waals surface area contributed by atoms with Gasteiger partial charge in [-0.25, -0.2) is 0 Å². The molecular weight excluding hydrogens is 432 g/mol. The molecule has 0 radical (unpaired) electrons. The van der Waals surface area contributed by atoms with Gasteiger partial charge in [0.2, 0.25) is 5.95 Å². The standard InChI is InChI=1S/C25H34N6OS/c33-24(26-19-25(10-4-5-11-25)20-8-2-1-3-9-20)29-23-27-21(30-12-6-7-13-30)18-22(28-23)31-14-16-32-17-15-31/h1-3,8-9,18H,4-7,10-17,19H2,(H2,26,27,28,29,33). The number of rotatable bonds is 6. The Balaban J connectivity index is 1.30. The van der Waals surface area contributed by atoms with Gasteiger partial charge < -0.3 is 25.2 Å². The summed E-state index contributed by atoms with van der Waals surface area (Å²) in [6.45, 7) is 6.06. The van der Waals surface area contributed by atoms with Crippen LogP contribution in [0.3, 0.4) is 0 Å². The van der Waals surface area contributed by atoms with Gasteiger partial charge in [0.25, 0.3) is 0 Å². The van der Waals surface area contributed by atoms with E-state index in [2.05, 4.69) is 56.8 Å². The van der Waals surface area contributed by atoms with Crippen molar-refractivity contribution in [2.45, 2.75) is 43.9 Å². The minimum Gasteiger partial charge on any atom is -0.378 e. The molecular formula is C25H34N6OS. The Bertz CT molecular complexity index is 937. The molecule has 0 atom stereocenters. The van der Waals surface area contributed by atoms with Crippen LogP contribution in [0.2, 0.25) is 0 Å². The summed E-state index contributed by atoms with van der Waals surface area (Å²) in [6.07, 6.45) is 7.33. The van der Waals surface area contributed by atoms with Gasteiger partial charge in [-0.15, -0.1) is 0 Å². The van der Waals surface area contributed by atoms with Crippen molar-refractivity contribution >= 4 is 34.9 Å². The second-order valence-corrected chi connectivity index (χ2v) is 9.77. The van der Waals surface area contributed by atoms with Crippen molar-refractivity contribution in [3.05, 3.63) is 42.0 Å². The Hall–Kier alpha value is -2.45. The molecule has 1 aromatic heterocycles. The number of morpholine rings is 1. The molecule has 3 aliphatic rings. The van der Waals surface area contributed by atoms with Gasteiger partial charge in [0.15, 0.2) is 5.11 Å². The highest BCUT2D eigenvalue weighted by Gasteiger charge is 2.35. The summed E-state index contributed by atoms with van der Waals surface area (Å²) in [4.78, 5) is 14.3. The second kappa shape index (κ2) is 10.2. The summed E-state index contributed by atoms with van der Waals surface area (Å²) in [5, 5.41) is 7.37. The third-order valence-corrected chi connectivity index (χ3v) is 7.47. The lowest BCUT2D eigenvalue weighted by Crippen LogP contribution is -2.41. The number of aromatic nitrogens is 2. The van der Waals surface area contributed by atoms with Crippen molar-refractivity contribution in [2.75, 3.05) is 61.1 Å². The normalized spacial score (nSPS) is 20.1. The quantitative estimate of drug-likeness (QED) is 0.625. The smallest absolute Gasteiger partial charge is 0.232 e. The molecule has 2 saturated heterocycles. The number of hydrogen-bond donors (Lipinski definition) is 2. The molecule has 8 heteroatoms. The molecule has 3 heterocycles. The van der Waals surface area contributed by atoms with Crippen molar-refractivity contribution < 1.29 is 4.74 Å². The molecule has 7 nitrogen and oxygen atoms in total. The van der Waals surface area contributed by atoms with Crippen molar-refractivity contribution in [3.8, 4) is 0 Å². The van der Waals surface area contributed by atoms with Crippen molar-refractivity contribution in [3.63, 3.8) is 0 Å². The first-order chi connectivity index (χ1) is 16.2. The zero-order chi connectivity index (χ0) is 22.5. The number of thiocarbonyl (C=S) groups is 1. The molecule has 2 aliphatic heterocycles. The number of anilines is 3. The Morgan fingerprint density at radius 3 is 2.21 bits per heavy atom. The first-order valence-electron chi connectivity index (χ1n) is 12.3. The lowest BCUT2D eigenvalue weighted by Gasteiger charge is -2.31. The maximum absolute atomic E-state index is 5.70. The number of hydrogen-bond acceptors (Lipinski definition) is 6. The summed E-state index contributed by atoms with van der Waals surface area (Å²) >= 11 is 5.70. The van der Waals surface area contributed by atoms with Gasteiger partial charge in [0.1, 0.15) is 11.6 Å². The third kappa shape index (κ3) is 5.22. The molecule has 176 valence electrons. The van der Waals surface area contributed by atoms with Crippen LogP contribution in [0.5, 0.6) is 0 Å². The fourth-order valence-corrected chi connectivity index (χ4v) is 5.51. The Kier molecular flexibility index (Phi) is 6.92. The molecule has 5 rings (SSSR count). The van der Waals surface area contributed by atoms with E-state index in [1.807, 2.05) is 0 Å². The average molecular weight is 467 g/mol. The van der Waals surface area contributed by atoms with Crippen molar-refractivity contribution in [1.29, 1.82) is 0 Å². The molecule has 1 saturated carbocycles. The molecule has 0 bridgehead atoms. The van der Waals surface area contributed by atoms with Crippen LogP contribution in [0.15, 0.2) is 36.4 Å². The first kappa shape index (κ1) is 22.3. The highest BCUT2D eigenvalue weighted by atomic mass is 32.1. The van der Waals surface area contributed by atoms with E-state index in [0.717, 1.165) is 57.6 Å². The van der Waals surface area contributed by atoms with Crippen LogP contribution in [0.4, 0.5) is 17.6 Å². The molecule has 2 N–H and O–H groups in total. The summed E-state index contributed by atoms with van der Waals surface area (Å²) in [5.74, 6) is 2.49. The molecule has 33 heavy (non-hydrogen) atoms. The molecule has 0 unspecified atom stereocenters. The third-order valence-electron chi connectivity index (χ3n) is 7.22. The number of ether oxygens (including phenoxy) is 1. The van der Waals surface area contributed by atoms with Crippen LogP contribution in [-0.2, 0) is 10.2 Å². The van der Waals surface area contributed by atoms with Gasteiger partial charge >= 0.3 is 0 Å². The minimum atomic E-state index is 0.143. The summed E-state index contributed by atoms with van der Waals surface area (Å²) in [7, 11) is 0. The molecule has 1 aromatic carbocycles. The predicted octanol–water partition coefficient (Wildman–Crippen LogP) is 3.71. The van der Waals surface area contributed by atoms with Crippen molar-refractivity contribution in [2.24, 2.45) is 0 Å². The van der Waals surface area contributed by atoms with E-state index >= 15 is 0 Å². The van der Waals surface area contributed by atoms with E-state index in [1.54, 1.807) is 0 Å². The predicted molar refractivity (Wildman–Crippen MR) is 137 cm³/mol. The summed E-state index contributed by atoms with van der Waals surface area (Å²) in [5.41, 5.74) is 1.55. The van der Waals surface area contributed by atoms with Gasteiger partial charge in [-0.2, -0.15) is 9.97 Å². The van der Waals surface area contributed by atoms with Gasteiger partial charge in [0, 0.05) is 44.2 Å². The fraction of sp³-hybridized carbons (Fsp3) is 0.560. The van der Waals surface area contributed by atoms with Crippen LogP contribution in [0.1, 0.15) is 44.1 Å². The topological polar surface area (TPSA) is 65.6 Å². The Morgan fingerprint density at radius 1 is 0.909 bits per heavy atom. The van der Waals surface area contributed by atoms with Gasteiger partial charge in [-0.05, 0) is 43.5 Å². The number of nitrogens with one attached hydrogen (secondary N) is 2. The molecule has 1 aliphatic carbocycles. The second-order valence-electron chi connectivity index (χ2n) is 9.36. The van der Waals surface area contributed by atoms with E-state index in [-0.39, 0.29) is 5.41 Å². The largest absolute Gasteiger partial charge is 0.378 e. The van der Waals surface area contributed by atoms with Crippen LogP contribution < -0.4 is 20.4 Å². The minimum absolute atomic E-state index is 0.143. The van der Waals surface area contributed by atoms with Gasteiger partial charge in [-0.3, -0.25) is 0 Å². The maximum atomic E-state index is 5.70. The zero-order valence-electron chi connectivity index (χ0n) is 19.3. The SMILES string of the molecule is S=C(NCC1(c2ccccc2)CCCC1)Nc1nc(N2CCCC2)cc(N2CCOCC2)n1. The van der Waals surface area contributed by atoms with Crippen LogP contribution in [-0.4, -0.2) is 61.0 Å². The molecule has 0 spiro atoms. The lowest BCUT2D eigenvalue weighted by molar-refractivity contribution is 0.122. The van der Waals surface area contributed by atoms with Crippen LogP contribution in [0, 0.1) is 0 Å². The van der Waals surface area contributed by atoms with Gasteiger partial charge in [0.05, 0.1) is 13.2 Å². The average Bonchev–Trinajstić information content (AvgIpc) is 3.57. The molecule has 3 fully saturated rings. The van der Waals surface area contributed by atoms with E-state index < -0.39 is 0 Å². The van der Waals surface area contributed by atoms with E-state index in [1.165, 1.54) is 44.1 Å². The Morgan fingerprint density at radius 2 is 1.55 bits per heavy atom. The van der Waals surface area contributed by atoms with Gasteiger partial charge in [-0.1, -0.05) is 43.2 Å². The first-order valence-corrected chi connectivity index (χ1v) is 12.7. The van der Waals surface area contributed by atoms with E-state index in [9.17, 15) is 0 Å².